The molecule has 1 N–H and O–H groups in total. The number of aryl methyl sites for hydroxylation is 2. The first-order valence-corrected chi connectivity index (χ1v) is 10.7. The van der Waals surface area contributed by atoms with Crippen LogP contribution in [-0.2, 0) is 20.1 Å². The first-order chi connectivity index (χ1) is 14.3. The van der Waals surface area contributed by atoms with Gasteiger partial charge in [0.05, 0.1) is 0 Å². The van der Waals surface area contributed by atoms with E-state index in [0.717, 1.165) is 23.4 Å². The molecule has 0 unspecified atom stereocenters. The van der Waals surface area contributed by atoms with Crippen molar-refractivity contribution in [3.8, 4) is 11.4 Å². The zero-order valence-electron chi connectivity index (χ0n) is 18.6. The lowest BCUT2D eigenvalue weighted by Gasteiger charge is -2.15. The molecule has 7 nitrogen and oxygen atoms in total. The fraction of sp³-hybridized carbons (Fsp3) is 0.522. The van der Waals surface area contributed by atoms with Crippen LogP contribution in [0.2, 0.25) is 0 Å². The summed E-state index contributed by atoms with van der Waals surface area (Å²) >= 11 is 0. The van der Waals surface area contributed by atoms with Gasteiger partial charge in [0.2, 0.25) is 0 Å². The predicted octanol–water partition coefficient (Wildman–Crippen LogP) is 3.12. The van der Waals surface area contributed by atoms with Gasteiger partial charge in [0.1, 0.15) is 5.82 Å². The smallest absolute Gasteiger partial charge is 0.332 e. The maximum atomic E-state index is 13.3. The Labute approximate surface area is 176 Å². The van der Waals surface area contributed by atoms with Crippen molar-refractivity contribution in [2.45, 2.75) is 59.5 Å². The fourth-order valence-corrected chi connectivity index (χ4v) is 3.81. The summed E-state index contributed by atoms with van der Waals surface area (Å²) in [7, 11) is 1.65. The Hall–Kier alpha value is -2.67. The minimum atomic E-state index is -0.404. The second-order valence-corrected chi connectivity index (χ2v) is 8.56. The van der Waals surface area contributed by atoms with Crippen LogP contribution >= 0.6 is 0 Å². The third-order valence-corrected chi connectivity index (χ3v) is 5.53. The van der Waals surface area contributed by atoms with Crippen molar-refractivity contribution in [2.75, 3.05) is 6.61 Å². The number of aliphatic hydroxyl groups excluding tert-OH is 1. The van der Waals surface area contributed by atoms with E-state index in [1.54, 1.807) is 7.05 Å². The highest BCUT2D eigenvalue weighted by Crippen LogP contribution is 2.30. The highest BCUT2D eigenvalue weighted by molar-refractivity contribution is 5.78. The molecule has 7 heteroatoms. The normalized spacial score (nSPS) is 11.9. The first-order valence-electron chi connectivity index (χ1n) is 10.7. The first kappa shape index (κ1) is 22.0. The van der Waals surface area contributed by atoms with E-state index in [-0.39, 0.29) is 18.7 Å². The third-order valence-electron chi connectivity index (χ3n) is 5.53. The molecule has 1 aromatic carbocycles. The van der Waals surface area contributed by atoms with Gasteiger partial charge in [-0.3, -0.25) is 13.9 Å². The van der Waals surface area contributed by atoms with Crippen molar-refractivity contribution in [3.63, 3.8) is 0 Å². The molecular weight excluding hydrogens is 380 g/mol. The van der Waals surface area contributed by atoms with Crippen molar-refractivity contribution in [3.05, 3.63) is 50.7 Å². The molecule has 30 heavy (non-hydrogen) atoms. The Balaban J connectivity index is 2.37. The Bertz CT molecular complexity index is 1150. The molecule has 0 saturated heterocycles. The van der Waals surface area contributed by atoms with E-state index in [9.17, 15) is 14.7 Å². The van der Waals surface area contributed by atoms with Gasteiger partial charge in [-0.25, -0.2) is 9.78 Å². The topological polar surface area (TPSA) is 82.1 Å². The zero-order chi connectivity index (χ0) is 22.0. The molecule has 0 radical (unpaired) electrons. The summed E-state index contributed by atoms with van der Waals surface area (Å²) < 4.78 is 4.64. The van der Waals surface area contributed by atoms with E-state index in [1.807, 2.05) is 22.8 Å². The fourth-order valence-electron chi connectivity index (χ4n) is 3.81. The van der Waals surface area contributed by atoms with E-state index in [4.69, 9.17) is 4.98 Å². The number of nitrogens with zero attached hydrogens (tertiary/aromatic N) is 4. The quantitative estimate of drug-likeness (QED) is 0.616. The van der Waals surface area contributed by atoms with E-state index in [0.29, 0.717) is 36.0 Å². The Kier molecular flexibility index (Phi) is 6.61. The lowest BCUT2D eigenvalue weighted by molar-refractivity contribution is 0.277. The molecule has 0 bridgehead atoms. The highest BCUT2D eigenvalue weighted by Gasteiger charge is 2.22. The van der Waals surface area contributed by atoms with E-state index in [2.05, 4.69) is 33.8 Å². The van der Waals surface area contributed by atoms with Gasteiger partial charge < -0.3 is 9.67 Å². The predicted molar refractivity (Wildman–Crippen MR) is 120 cm³/mol. The Morgan fingerprint density at radius 1 is 1.03 bits per heavy atom. The van der Waals surface area contributed by atoms with Crippen LogP contribution in [-0.4, -0.2) is 30.4 Å². The van der Waals surface area contributed by atoms with Crippen LogP contribution in [0.4, 0.5) is 0 Å². The average Bonchev–Trinajstić information content (AvgIpc) is 3.10. The van der Waals surface area contributed by atoms with Crippen molar-refractivity contribution >= 4 is 11.2 Å². The summed E-state index contributed by atoms with van der Waals surface area (Å²) in [5.41, 5.74) is 2.25. The Morgan fingerprint density at radius 3 is 2.37 bits per heavy atom. The summed E-state index contributed by atoms with van der Waals surface area (Å²) in [6.07, 6.45) is 1.24. The lowest BCUT2D eigenvalue weighted by Crippen LogP contribution is -2.39. The van der Waals surface area contributed by atoms with Gasteiger partial charge in [-0.2, -0.15) is 0 Å². The van der Waals surface area contributed by atoms with E-state index >= 15 is 0 Å². The molecule has 2 aromatic heterocycles. The van der Waals surface area contributed by atoms with Crippen LogP contribution in [0, 0.1) is 5.92 Å². The second-order valence-electron chi connectivity index (χ2n) is 8.56. The molecule has 0 aliphatic rings. The summed E-state index contributed by atoms with van der Waals surface area (Å²) in [6.45, 7) is 9.32. The molecular formula is C23H32N4O3. The molecule has 3 rings (SSSR count). The second kappa shape index (κ2) is 9.00. The van der Waals surface area contributed by atoms with Crippen molar-refractivity contribution in [1.29, 1.82) is 0 Å². The number of rotatable bonds is 8. The van der Waals surface area contributed by atoms with Gasteiger partial charge in [-0.1, -0.05) is 52.0 Å². The minimum Gasteiger partial charge on any atom is -0.396 e. The van der Waals surface area contributed by atoms with E-state index in [1.165, 1.54) is 9.13 Å². The standard InChI is InChI=1S/C23H32N4O3/c1-15(2)11-13-26-19-21(25(5)23(30)27(22(19)29)12-8-14-28)24-20(26)18-10-7-6-9-17(18)16(3)4/h6-7,9-10,15-16,28H,8,11-14H2,1-5H3. The van der Waals surface area contributed by atoms with E-state index < -0.39 is 5.69 Å². The molecule has 0 fully saturated rings. The molecule has 3 aromatic rings. The number of aromatic nitrogens is 4. The van der Waals surface area contributed by atoms with Crippen molar-refractivity contribution in [1.82, 2.24) is 18.7 Å². The minimum absolute atomic E-state index is 0.0761. The summed E-state index contributed by atoms with van der Waals surface area (Å²) in [4.78, 5) is 31.0. The van der Waals surface area contributed by atoms with Gasteiger partial charge in [-0.15, -0.1) is 0 Å². The van der Waals surface area contributed by atoms with Crippen molar-refractivity contribution < 1.29 is 5.11 Å². The van der Waals surface area contributed by atoms with Crippen LogP contribution in [0.25, 0.3) is 22.6 Å². The maximum absolute atomic E-state index is 13.3. The summed E-state index contributed by atoms with van der Waals surface area (Å²) in [6, 6.07) is 8.11. The average molecular weight is 413 g/mol. The van der Waals surface area contributed by atoms with Gasteiger partial charge in [-0.05, 0) is 30.2 Å². The van der Waals surface area contributed by atoms with Gasteiger partial charge in [0, 0.05) is 32.3 Å². The molecule has 0 saturated carbocycles. The molecule has 2 heterocycles. The SMILES string of the molecule is CC(C)CCn1c(-c2ccccc2C(C)C)nc2c1c(=O)n(CCCO)c(=O)n2C. The molecule has 0 spiro atoms. The molecule has 0 aliphatic heterocycles. The number of benzene rings is 1. The van der Waals surface area contributed by atoms with Crippen LogP contribution < -0.4 is 11.2 Å². The summed E-state index contributed by atoms with van der Waals surface area (Å²) in [5, 5.41) is 9.19. The lowest BCUT2D eigenvalue weighted by atomic mass is 9.97. The van der Waals surface area contributed by atoms with Gasteiger partial charge in [0.15, 0.2) is 11.2 Å². The van der Waals surface area contributed by atoms with Gasteiger partial charge in [0.25, 0.3) is 5.56 Å². The number of fused-ring (bicyclic) bond motifs is 1. The van der Waals surface area contributed by atoms with Crippen molar-refractivity contribution in [2.24, 2.45) is 13.0 Å². The largest absolute Gasteiger partial charge is 0.396 e. The monoisotopic (exact) mass is 412 g/mol. The molecule has 162 valence electrons. The number of imidazole rings is 1. The maximum Gasteiger partial charge on any atom is 0.332 e. The molecule has 0 aliphatic carbocycles. The summed E-state index contributed by atoms with van der Waals surface area (Å²) in [5.74, 6) is 1.48. The Morgan fingerprint density at radius 2 is 1.73 bits per heavy atom. The number of hydrogen-bond donors (Lipinski definition) is 1. The third kappa shape index (κ3) is 3.99. The van der Waals surface area contributed by atoms with Crippen LogP contribution in [0.1, 0.15) is 52.0 Å². The van der Waals surface area contributed by atoms with Crippen LogP contribution in [0.5, 0.6) is 0 Å². The molecule has 0 atom stereocenters. The molecule has 0 amide bonds. The number of aliphatic hydroxyl groups is 1. The van der Waals surface area contributed by atoms with Crippen LogP contribution in [0.15, 0.2) is 33.9 Å². The van der Waals surface area contributed by atoms with Crippen LogP contribution in [0.3, 0.4) is 0 Å². The highest BCUT2D eigenvalue weighted by atomic mass is 16.3. The number of hydrogen-bond acceptors (Lipinski definition) is 4. The van der Waals surface area contributed by atoms with Gasteiger partial charge >= 0.3 is 5.69 Å². The zero-order valence-corrected chi connectivity index (χ0v) is 18.6.